The minimum Gasteiger partial charge on any atom is -0.481 e. The molecule has 0 aromatic heterocycles. The third-order valence-electron chi connectivity index (χ3n) is 3.22. The van der Waals surface area contributed by atoms with Gasteiger partial charge in [-0.3, -0.25) is 14.4 Å². The molecule has 1 aliphatic carbocycles. The van der Waals surface area contributed by atoms with Crippen LogP contribution in [0.4, 0.5) is 0 Å². The van der Waals surface area contributed by atoms with Crippen molar-refractivity contribution in [3.63, 3.8) is 0 Å². The number of primary amides is 1. The van der Waals surface area contributed by atoms with E-state index in [9.17, 15) is 14.4 Å². The van der Waals surface area contributed by atoms with Gasteiger partial charge in [-0.05, 0) is 26.7 Å². The highest BCUT2D eigenvalue weighted by Crippen LogP contribution is 2.32. The second kappa shape index (κ2) is 4.73. The summed E-state index contributed by atoms with van der Waals surface area (Å²) in [4.78, 5) is 33.9. The van der Waals surface area contributed by atoms with Gasteiger partial charge in [0.05, 0.1) is 11.8 Å². The molecule has 2 amide bonds. The van der Waals surface area contributed by atoms with E-state index < -0.39 is 35.2 Å². The Bertz CT molecular complexity index is 351. The minimum atomic E-state index is -1.15. The average molecular weight is 242 g/mol. The first kappa shape index (κ1) is 13.5. The molecular weight excluding hydrogens is 224 g/mol. The fourth-order valence-electron chi connectivity index (χ4n) is 2.03. The van der Waals surface area contributed by atoms with Gasteiger partial charge in [-0.15, -0.1) is 0 Å². The Labute approximate surface area is 99.6 Å². The van der Waals surface area contributed by atoms with E-state index in [0.717, 1.165) is 0 Å². The summed E-state index contributed by atoms with van der Waals surface area (Å²) in [5, 5.41) is 11.5. The van der Waals surface area contributed by atoms with Crippen molar-refractivity contribution >= 4 is 17.8 Å². The van der Waals surface area contributed by atoms with Crippen molar-refractivity contribution < 1.29 is 19.5 Å². The summed E-state index contributed by atoms with van der Waals surface area (Å²) in [7, 11) is 0. The van der Waals surface area contributed by atoms with Crippen LogP contribution in [0, 0.1) is 11.8 Å². The van der Waals surface area contributed by atoms with Crippen LogP contribution in [0.3, 0.4) is 0 Å². The van der Waals surface area contributed by atoms with E-state index in [0.29, 0.717) is 19.3 Å². The Hall–Kier alpha value is -1.59. The highest BCUT2D eigenvalue weighted by atomic mass is 16.4. The first-order chi connectivity index (χ1) is 7.75. The van der Waals surface area contributed by atoms with E-state index in [2.05, 4.69) is 5.32 Å². The van der Waals surface area contributed by atoms with Gasteiger partial charge in [-0.2, -0.15) is 0 Å². The van der Waals surface area contributed by atoms with Crippen LogP contribution >= 0.6 is 0 Å². The molecule has 0 spiro atoms. The van der Waals surface area contributed by atoms with Crippen LogP contribution in [-0.2, 0) is 14.4 Å². The standard InChI is InChI=1S/C11H18N2O4/c1-11(2,10(12)17)13-8(14)6-4-3-5-7(6)9(15)16/h6-7H,3-5H2,1-2H3,(H2,12,17)(H,13,14)(H,15,16)/t6-,7+/m1/s1. The maximum atomic E-state index is 11.9. The summed E-state index contributed by atoms with van der Waals surface area (Å²) in [5.74, 6) is -3.22. The number of hydrogen-bond acceptors (Lipinski definition) is 3. The van der Waals surface area contributed by atoms with Gasteiger partial charge in [0.2, 0.25) is 11.8 Å². The summed E-state index contributed by atoms with van der Waals surface area (Å²) in [6.07, 6.45) is 1.76. The van der Waals surface area contributed by atoms with Gasteiger partial charge in [0.25, 0.3) is 0 Å². The molecule has 0 bridgehead atoms. The average Bonchev–Trinajstić information content (AvgIpc) is 2.64. The van der Waals surface area contributed by atoms with Gasteiger partial charge in [0, 0.05) is 0 Å². The van der Waals surface area contributed by atoms with Crippen LogP contribution in [0.25, 0.3) is 0 Å². The number of carboxylic acids is 1. The Morgan fingerprint density at radius 2 is 1.76 bits per heavy atom. The number of carbonyl (C=O) groups excluding carboxylic acids is 2. The van der Waals surface area contributed by atoms with E-state index in [1.54, 1.807) is 0 Å². The smallest absolute Gasteiger partial charge is 0.307 e. The molecule has 2 atom stereocenters. The third kappa shape index (κ3) is 2.95. The molecule has 1 saturated carbocycles. The topological polar surface area (TPSA) is 109 Å². The lowest BCUT2D eigenvalue weighted by molar-refractivity contribution is -0.146. The quantitative estimate of drug-likeness (QED) is 0.637. The van der Waals surface area contributed by atoms with Crippen LogP contribution < -0.4 is 11.1 Å². The van der Waals surface area contributed by atoms with Gasteiger partial charge in [0.1, 0.15) is 5.54 Å². The normalized spacial score (nSPS) is 24.4. The molecule has 0 radical (unpaired) electrons. The minimum absolute atomic E-state index is 0.404. The molecule has 1 aliphatic rings. The van der Waals surface area contributed by atoms with Crippen LogP contribution in [0.1, 0.15) is 33.1 Å². The molecule has 1 fully saturated rings. The van der Waals surface area contributed by atoms with Crippen molar-refractivity contribution in [2.24, 2.45) is 17.6 Å². The molecule has 6 nitrogen and oxygen atoms in total. The van der Waals surface area contributed by atoms with Crippen LogP contribution in [0.5, 0.6) is 0 Å². The molecule has 6 heteroatoms. The maximum Gasteiger partial charge on any atom is 0.307 e. The molecule has 0 heterocycles. The molecule has 0 aliphatic heterocycles. The predicted molar refractivity (Wildman–Crippen MR) is 59.9 cm³/mol. The number of carbonyl (C=O) groups is 3. The molecule has 0 saturated heterocycles. The second-order valence-electron chi connectivity index (χ2n) is 4.96. The second-order valence-corrected chi connectivity index (χ2v) is 4.96. The monoisotopic (exact) mass is 242 g/mol. The Morgan fingerprint density at radius 3 is 2.24 bits per heavy atom. The molecule has 0 aromatic rings. The van der Waals surface area contributed by atoms with Crippen molar-refractivity contribution in [1.82, 2.24) is 5.32 Å². The molecule has 17 heavy (non-hydrogen) atoms. The predicted octanol–water partition coefficient (Wildman–Crippen LogP) is -0.133. The zero-order valence-corrected chi connectivity index (χ0v) is 10.0. The number of rotatable bonds is 4. The largest absolute Gasteiger partial charge is 0.481 e. The van der Waals surface area contributed by atoms with Gasteiger partial charge in [-0.1, -0.05) is 6.42 Å². The first-order valence-electron chi connectivity index (χ1n) is 5.60. The van der Waals surface area contributed by atoms with E-state index >= 15 is 0 Å². The number of nitrogens with one attached hydrogen (secondary N) is 1. The SMILES string of the molecule is CC(C)(NC(=O)[C@@H]1CCC[C@@H]1C(=O)O)C(N)=O. The number of nitrogens with two attached hydrogens (primary N) is 1. The first-order valence-corrected chi connectivity index (χ1v) is 5.60. The molecule has 0 unspecified atom stereocenters. The lowest BCUT2D eigenvalue weighted by atomic mass is 9.93. The van der Waals surface area contributed by atoms with E-state index in [-0.39, 0.29) is 0 Å². The molecule has 4 N–H and O–H groups in total. The van der Waals surface area contributed by atoms with Gasteiger partial charge < -0.3 is 16.2 Å². The number of carboxylic acid groups (broad SMARTS) is 1. The van der Waals surface area contributed by atoms with Gasteiger partial charge in [0.15, 0.2) is 0 Å². The maximum absolute atomic E-state index is 11.9. The van der Waals surface area contributed by atoms with E-state index in [1.165, 1.54) is 13.8 Å². The number of aliphatic carboxylic acids is 1. The molecular formula is C11H18N2O4. The fraction of sp³-hybridized carbons (Fsp3) is 0.727. The van der Waals surface area contributed by atoms with Crippen molar-refractivity contribution in [3.05, 3.63) is 0 Å². The highest BCUT2D eigenvalue weighted by Gasteiger charge is 2.40. The van der Waals surface area contributed by atoms with Crippen LogP contribution in [0.15, 0.2) is 0 Å². The van der Waals surface area contributed by atoms with Crippen molar-refractivity contribution in [2.75, 3.05) is 0 Å². The Kier molecular flexibility index (Phi) is 3.75. The highest BCUT2D eigenvalue weighted by molar-refractivity contribution is 5.92. The van der Waals surface area contributed by atoms with E-state index in [1.807, 2.05) is 0 Å². The summed E-state index contributed by atoms with van der Waals surface area (Å²) in [6, 6.07) is 0. The lowest BCUT2D eigenvalue weighted by Gasteiger charge is -2.25. The third-order valence-corrected chi connectivity index (χ3v) is 3.22. The summed E-state index contributed by atoms with van der Waals surface area (Å²) in [5.41, 5.74) is 3.99. The summed E-state index contributed by atoms with van der Waals surface area (Å²) < 4.78 is 0. The zero-order chi connectivity index (χ0) is 13.2. The summed E-state index contributed by atoms with van der Waals surface area (Å²) in [6.45, 7) is 3.00. The van der Waals surface area contributed by atoms with Crippen molar-refractivity contribution in [2.45, 2.75) is 38.6 Å². The van der Waals surface area contributed by atoms with E-state index in [4.69, 9.17) is 10.8 Å². The Balaban J connectivity index is 2.71. The summed E-state index contributed by atoms with van der Waals surface area (Å²) >= 11 is 0. The lowest BCUT2D eigenvalue weighted by Crippen LogP contribution is -2.55. The van der Waals surface area contributed by atoms with Crippen LogP contribution in [-0.4, -0.2) is 28.4 Å². The number of amides is 2. The van der Waals surface area contributed by atoms with Gasteiger partial charge in [-0.25, -0.2) is 0 Å². The number of hydrogen-bond donors (Lipinski definition) is 3. The van der Waals surface area contributed by atoms with Crippen molar-refractivity contribution in [3.8, 4) is 0 Å². The molecule has 1 rings (SSSR count). The van der Waals surface area contributed by atoms with Crippen molar-refractivity contribution in [1.29, 1.82) is 0 Å². The zero-order valence-electron chi connectivity index (χ0n) is 10.0. The van der Waals surface area contributed by atoms with Gasteiger partial charge >= 0.3 is 5.97 Å². The molecule has 96 valence electrons. The molecule has 0 aromatic carbocycles. The Morgan fingerprint density at radius 1 is 1.24 bits per heavy atom. The fourth-order valence-corrected chi connectivity index (χ4v) is 2.03. The van der Waals surface area contributed by atoms with Crippen LogP contribution in [0.2, 0.25) is 0 Å².